The van der Waals surface area contributed by atoms with Crippen molar-refractivity contribution in [2.45, 2.75) is 25.1 Å². The van der Waals surface area contributed by atoms with Crippen LogP contribution in [-0.4, -0.2) is 6.54 Å². The van der Waals surface area contributed by atoms with Crippen molar-refractivity contribution >= 4 is 0 Å². The molecule has 3 nitrogen and oxygen atoms in total. The monoisotopic (exact) mass is 334 g/mol. The third-order valence-corrected chi connectivity index (χ3v) is 3.72. The van der Waals surface area contributed by atoms with E-state index >= 15 is 0 Å². The minimum Gasteiger partial charge on any atom is -0.483 e. The van der Waals surface area contributed by atoms with E-state index in [0.717, 1.165) is 17.7 Å². The molecule has 6 heteroatoms. The summed E-state index contributed by atoms with van der Waals surface area (Å²) in [5.41, 5.74) is -0.614. The summed E-state index contributed by atoms with van der Waals surface area (Å²) in [6.45, 7) is 2.24. The number of ether oxygens (including phenoxy) is 1. The van der Waals surface area contributed by atoms with Gasteiger partial charge in [0.25, 0.3) is 0 Å². The predicted octanol–water partition coefficient (Wildman–Crippen LogP) is 4.46. The number of alkyl halides is 3. The van der Waals surface area contributed by atoms with Crippen LogP contribution in [0.25, 0.3) is 0 Å². The van der Waals surface area contributed by atoms with Crippen molar-refractivity contribution in [2.24, 2.45) is 0 Å². The highest BCUT2D eigenvalue weighted by atomic mass is 19.4. The molecule has 0 fully saturated rings. The van der Waals surface area contributed by atoms with Crippen LogP contribution in [-0.2, 0) is 11.8 Å². The van der Waals surface area contributed by atoms with Gasteiger partial charge in [0, 0.05) is 13.0 Å². The van der Waals surface area contributed by atoms with Crippen LogP contribution in [0.3, 0.4) is 0 Å². The van der Waals surface area contributed by atoms with Gasteiger partial charge in [-0.05, 0) is 36.8 Å². The summed E-state index contributed by atoms with van der Waals surface area (Å²) in [6.07, 6.45) is -2.05. The SMILES string of the molecule is CC(CCNC#N)(Oc1ccc(C(F)(F)F)cc1)c1ccccc1. The molecule has 0 aromatic heterocycles. The van der Waals surface area contributed by atoms with Crippen molar-refractivity contribution in [2.75, 3.05) is 6.54 Å². The van der Waals surface area contributed by atoms with E-state index in [1.54, 1.807) is 0 Å². The number of nitrogens with one attached hydrogen (secondary N) is 1. The van der Waals surface area contributed by atoms with Crippen LogP contribution in [0.15, 0.2) is 54.6 Å². The highest BCUT2D eigenvalue weighted by molar-refractivity contribution is 5.31. The highest BCUT2D eigenvalue weighted by Gasteiger charge is 2.31. The average molecular weight is 334 g/mol. The van der Waals surface area contributed by atoms with Gasteiger partial charge in [-0.25, -0.2) is 0 Å². The van der Waals surface area contributed by atoms with Crippen LogP contribution >= 0.6 is 0 Å². The maximum absolute atomic E-state index is 12.6. The Kier molecular flexibility index (Phi) is 5.35. The smallest absolute Gasteiger partial charge is 0.416 e. The molecule has 2 rings (SSSR count). The molecule has 126 valence electrons. The van der Waals surface area contributed by atoms with Crippen molar-refractivity contribution < 1.29 is 17.9 Å². The second-order valence-corrected chi connectivity index (χ2v) is 5.51. The first kappa shape index (κ1) is 17.7. The van der Waals surface area contributed by atoms with E-state index in [4.69, 9.17) is 10.00 Å². The molecule has 0 radical (unpaired) electrons. The number of nitrogens with zero attached hydrogens (tertiary/aromatic N) is 1. The molecule has 24 heavy (non-hydrogen) atoms. The van der Waals surface area contributed by atoms with E-state index < -0.39 is 17.3 Å². The summed E-state index contributed by atoms with van der Waals surface area (Å²) < 4.78 is 43.9. The van der Waals surface area contributed by atoms with Crippen LogP contribution in [0.1, 0.15) is 24.5 Å². The van der Waals surface area contributed by atoms with Crippen LogP contribution < -0.4 is 10.1 Å². The Bertz CT molecular complexity index is 693. The molecule has 1 unspecified atom stereocenters. The van der Waals surface area contributed by atoms with Gasteiger partial charge in [-0.1, -0.05) is 30.3 Å². The maximum atomic E-state index is 12.6. The van der Waals surface area contributed by atoms with Crippen molar-refractivity contribution in [3.05, 3.63) is 65.7 Å². The standard InChI is InChI=1S/C18H17F3N2O/c1-17(11-12-23-13-22,14-5-3-2-4-6-14)24-16-9-7-15(8-10-16)18(19,20)21/h2-10,23H,11-12H2,1H3. The third-order valence-electron chi connectivity index (χ3n) is 3.72. The lowest BCUT2D eigenvalue weighted by atomic mass is 9.92. The fourth-order valence-electron chi connectivity index (χ4n) is 2.37. The number of nitriles is 1. The highest BCUT2D eigenvalue weighted by Crippen LogP contribution is 2.34. The van der Waals surface area contributed by atoms with Gasteiger partial charge in [-0.2, -0.15) is 18.4 Å². The molecule has 2 aromatic carbocycles. The topological polar surface area (TPSA) is 45.0 Å². The van der Waals surface area contributed by atoms with E-state index in [9.17, 15) is 13.2 Å². The van der Waals surface area contributed by atoms with E-state index in [1.165, 1.54) is 12.1 Å². The lowest BCUT2D eigenvalue weighted by Crippen LogP contribution is -2.33. The van der Waals surface area contributed by atoms with Crippen molar-refractivity contribution in [1.29, 1.82) is 5.26 Å². The Morgan fingerprint density at radius 1 is 1.00 bits per heavy atom. The molecule has 0 aliphatic heterocycles. The number of benzene rings is 2. The first-order valence-electron chi connectivity index (χ1n) is 7.39. The predicted molar refractivity (Wildman–Crippen MR) is 84.1 cm³/mol. The van der Waals surface area contributed by atoms with Crippen LogP contribution in [0.2, 0.25) is 0 Å². The lowest BCUT2D eigenvalue weighted by Gasteiger charge is -2.31. The molecule has 0 heterocycles. The van der Waals surface area contributed by atoms with Gasteiger partial charge < -0.3 is 10.1 Å². The molecule has 1 atom stereocenters. The van der Waals surface area contributed by atoms with Crippen LogP contribution in [0.5, 0.6) is 5.75 Å². The normalized spacial score (nSPS) is 13.6. The Morgan fingerprint density at radius 2 is 1.62 bits per heavy atom. The summed E-state index contributed by atoms with van der Waals surface area (Å²) >= 11 is 0. The lowest BCUT2D eigenvalue weighted by molar-refractivity contribution is -0.137. The van der Waals surface area contributed by atoms with Gasteiger partial charge in [-0.15, -0.1) is 0 Å². The van der Waals surface area contributed by atoms with Crippen molar-refractivity contribution in [3.8, 4) is 11.9 Å². The average Bonchev–Trinajstić information content (AvgIpc) is 2.55. The zero-order valence-electron chi connectivity index (χ0n) is 13.1. The molecule has 0 saturated carbocycles. The number of halogens is 3. The van der Waals surface area contributed by atoms with E-state index in [0.29, 0.717) is 18.7 Å². The molecule has 0 amide bonds. The second-order valence-electron chi connectivity index (χ2n) is 5.51. The Labute approximate surface area is 138 Å². The molecule has 0 aliphatic carbocycles. The zero-order valence-corrected chi connectivity index (χ0v) is 13.1. The van der Waals surface area contributed by atoms with E-state index in [-0.39, 0.29) is 0 Å². The maximum Gasteiger partial charge on any atom is 0.416 e. The molecule has 0 bridgehead atoms. The van der Waals surface area contributed by atoms with Gasteiger partial charge in [0.1, 0.15) is 11.4 Å². The van der Waals surface area contributed by atoms with Gasteiger partial charge in [-0.3, -0.25) is 0 Å². The number of hydrogen-bond acceptors (Lipinski definition) is 3. The quantitative estimate of drug-likeness (QED) is 0.482. The van der Waals surface area contributed by atoms with Crippen LogP contribution in [0, 0.1) is 11.5 Å². The Hall–Kier alpha value is -2.68. The molecule has 2 aromatic rings. The first-order valence-corrected chi connectivity index (χ1v) is 7.39. The third kappa shape index (κ3) is 4.42. The summed E-state index contributed by atoms with van der Waals surface area (Å²) in [4.78, 5) is 0. The summed E-state index contributed by atoms with van der Waals surface area (Å²) in [5, 5.41) is 11.2. The van der Waals surface area contributed by atoms with E-state index in [2.05, 4.69) is 5.32 Å². The van der Waals surface area contributed by atoms with Gasteiger partial charge in [0.05, 0.1) is 5.56 Å². The minimum atomic E-state index is -4.38. The van der Waals surface area contributed by atoms with Gasteiger partial charge in [0.15, 0.2) is 6.19 Å². The van der Waals surface area contributed by atoms with Crippen LogP contribution in [0.4, 0.5) is 13.2 Å². The van der Waals surface area contributed by atoms with Gasteiger partial charge >= 0.3 is 6.18 Å². The molecular formula is C18H17F3N2O. The fraction of sp³-hybridized carbons (Fsp3) is 0.278. The number of rotatable bonds is 6. The molecule has 0 spiro atoms. The summed E-state index contributed by atoms with van der Waals surface area (Å²) in [7, 11) is 0. The molecular weight excluding hydrogens is 317 g/mol. The molecule has 0 aliphatic rings. The van der Waals surface area contributed by atoms with Gasteiger partial charge in [0.2, 0.25) is 0 Å². The first-order chi connectivity index (χ1) is 11.3. The number of hydrogen-bond donors (Lipinski definition) is 1. The summed E-state index contributed by atoms with van der Waals surface area (Å²) in [6, 6.07) is 14.0. The molecule has 0 saturated heterocycles. The minimum absolute atomic E-state index is 0.339. The van der Waals surface area contributed by atoms with E-state index in [1.807, 2.05) is 43.4 Å². The van der Waals surface area contributed by atoms with Crippen molar-refractivity contribution in [1.82, 2.24) is 5.32 Å². The molecule has 1 N–H and O–H groups in total. The zero-order chi connectivity index (χ0) is 17.6. The second kappa shape index (κ2) is 7.26. The largest absolute Gasteiger partial charge is 0.483 e. The Morgan fingerprint density at radius 3 is 2.17 bits per heavy atom. The summed E-state index contributed by atoms with van der Waals surface area (Å²) in [5.74, 6) is 0.339. The Balaban J connectivity index is 2.24. The van der Waals surface area contributed by atoms with Crippen molar-refractivity contribution in [3.63, 3.8) is 0 Å². The fourth-order valence-corrected chi connectivity index (χ4v) is 2.37.